The van der Waals surface area contributed by atoms with Gasteiger partial charge < -0.3 is 9.30 Å². The standard InChI is InChI=1S/C18H26N4O/c1-14(2)22-13-19-20-18(22)12-21(3)11-15-8-9-23-17-7-5-4-6-16(17)10-15/h4-7,13-15H,8-12H2,1-3H3/t15-/m0/s1. The Hall–Kier alpha value is -1.88. The predicted molar refractivity (Wildman–Crippen MR) is 90.5 cm³/mol. The van der Waals surface area contributed by atoms with Crippen LogP contribution < -0.4 is 4.74 Å². The molecule has 0 fully saturated rings. The Kier molecular flexibility index (Phi) is 4.96. The minimum absolute atomic E-state index is 0.395. The summed E-state index contributed by atoms with van der Waals surface area (Å²) in [7, 11) is 2.16. The van der Waals surface area contributed by atoms with Gasteiger partial charge in [0, 0.05) is 12.6 Å². The lowest BCUT2D eigenvalue weighted by atomic mass is 9.96. The molecule has 0 aliphatic carbocycles. The normalized spacial score (nSPS) is 17.9. The molecular weight excluding hydrogens is 288 g/mol. The maximum absolute atomic E-state index is 5.87. The van der Waals surface area contributed by atoms with E-state index in [-0.39, 0.29) is 0 Å². The topological polar surface area (TPSA) is 43.2 Å². The van der Waals surface area contributed by atoms with E-state index in [0.717, 1.165) is 44.1 Å². The van der Waals surface area contributed by atoms with E-state index in [2.05, 4.69) is 58.8 Å². The van der Waals surface area contributed by atoms with E-state index in [1.54, 1.807) is 0 Å². The Morgan fingerprint density at radius 2 is 2.17 bits per heavy atom. The van der Waals surface area contributed by atoms with Crippen molar-refractivity contribution in [2.24, 2.45) is 5.92 Å². The van der Waals surface area contributed by atoms with Crippen molar-refractivity contribution in [2.45, 2.75) is 39.3 Å². The number of hydrogen-bond acceptors (Lipinski definition) is 4. The summed E-state index contributed by atoms with van der Waals surface area (Å²) in [6.07, 6.45) is 4.00. The van der Waals surface area contributed by atoms with E-state index in [9.17, 15) is 0 Å². The second-order valence-corrected chi connectivity index (χ2v) is 6.76. The van der Waals surface area contributed by atoms with Crippen LogP contribution >= 0.6 is 0 Å². The van der Waals surface area contributed by atoms with Crippen LogP contribution in [0.1, 0.15) is 37.7 Å². The maximum Gasteiger partial charge on any atom is 0.147 e. The molecule has 0 unspecified atom stereocenters. The van der Waals surface area contributed by atoms with Crippen LogP contribution in [0, 0.1) is 5.92 Å². The number of fused-ring (bicyclic) bond motifs is 1. The van der Waals surface area contributed by atoms with Crippen LogP contribution in [0.5, 0.6) is 5.75 Å². The van der Waals surface area contributed by atoms with Crippen LogP contribution in [-0.4, -0.2) is 39.9 Å². The molecule has 124 valence electrons. The highest BCUT2D eigenvalue weighted by Crippen LogP contribution is 2.27. The number of hydrogen-bond donors (Lipinski definition) is 0. The highest BCUT2D eigenvalue weighted by molar-refractivity contribution is 5.34. The van der Waals surface area contributed by atoms with Crippen molar-refractivity contribution in [3.05, 3.63) is 42.0 Å². The molecule has 0 spiro atoms. The van der Waals surface area contributed by atoms with Gasteiger partial charge in [0.15, 0.2) is 0 Å². The van der Waals surface area contributed by atoms with Crippen molar-refractivity contribution in [1.29, 1.82) is 0 Å². The van der Waals surface area contributed by atoms with Gasteiger partial charge in [-0.15, -0.1) is 10.2 Å². The van der Waals surface area contributed by atoms with Crippen LogP contribution in [0.2, 0.25) is 0 Å². The summed E-state index contributed by atoms with van der Waals surface area (Å²) in [6.45, 7) is 7.00. The zero-order valence-electron chi connectivity index (χ0n) is 14.3. The van der Waals surface area contributed by atoms with Crippen LogP contribution in [0.3, 0.4) is 0 Å². The molecular formula is C18H26N4O. The molecule has 1 aromatic heterocycles. The fraction of sp³-hybridized carbons (Fsp3) is 0.556. The molecule has 0 saturated carbocycles. The summed E-state index contributed by atoms with van der Waals surface area (Å²) in [5, 5.41) is 8.33. The minimum Gasteiger partial charge on any atom is -0.493 e. The molecule has 0 bridgehead atoms. The molecule has 0 saturated heterocycles. The van der Waals surface area contributed by atoms with Gasteiger partial charge in [0.1, 0.15) is 17.9 Å². The van der Waals surface area contributed by atoms with Gasteiger partial charge in [-0.3, -0.25) is 4.90 Å². The Labute approximate surface area is 138 Å². The number of aromatic nitrogens is 3. The fourth-order valence-corrected chi connectivity index (χ4v) is 3.28. The van der Waals surface area contributed by atoms with Gasteiger partial charge in [-0.2, -0.15) is 0 Å². The van der Waals surface area contributed by atoms with Crippen molar-refractivity contribution in [2.75, 3.05) is 20.2 Å². The van der Waals surface area contributed by atoms with Gasteiger partial charge in [-0.1, -0.05) is 18.2 Å². The van der Waals surface area contributed by atoms with E-state index in [0.29, 0.717) is 12.0 Å². The summed E-state index contributed by atoms with van der Waals surface area (Å²) < 4.78 is 8.01. The van der Waals surface area contributed by atoms with E-state index in [1.807, 2.05) is 12.4 Å². The summed E-state index contributed by atoms with van der Waals surface area (Å²) in [6, 6.07) is 8.80. The van der Waals surface area contributed by atoms with Crippen molar-refractivity contribution < 1.29 is 4.74 Å². The third kappa shape index (κ3) is 3.91. The van der Waals surface area contributed by atoms with E-state index >= 15 is 0 Å². The number of benzene rings is 1. The zero-order chi connectivity index (χ0) is 16.2. The highest BCUT2D eigenvalue weighted by Gasteiger charge is 2.20. The van der Waals surface area contributed by atoms with E-state index in [4.69, 9.17) is 4.74 Å². The SMILES string of the molecule is CC(C)n1cnnc1CN(C)C[C@H]1CCOc2ccccc2C1. The number of nitrogens with zero attached hydrogens (tertiary/aromatic N) is 4. The molecule has 3 rings (SSSR count). The van der Waals surface area contributed by atoms with Crippen molar-refractivity contribution in [3.63, 3.8) is 0 Å². The molecule has 1 aliphatic rings. The maximum atomic E-state index is 5.87. The first-order valence-corrected chi connectivity index (χ1v) is 8.41. The van der Waals surface area contributed by atoms with Gasteiger partial charge >= 0.3 is 0 Å². The molecule has 0 radical (unpaired) electrons. The molecule has 5 nitrogen and oxygen atoms in total. The first-order valence-electron chi connectivity index (χ1n) is 8.41. The Bertz CT molecular complexity index is 637. The predicted octanol–water partition coefficient (Wildman–Crippen LogP) is 2.93. The lowest BCUT2D eigenvalue weighted by molar-refractivity contribution is 0.229. The average Bonchev–Trinajstić information content (AvgIpc) is 2.87. The monoisotopic (exact) mass is 314 g/mol. The smallest absolute Gasteiger partial charge is 0.147 e. The molecule has 5 heteroatoms. The Morgan fingerprint density at radius 1 is 1.35 bits per heavy atom. The third-order valence-corrected chi connectivity index (χ3v) is 4.45. The van der Waals surface area contributed by atoms with E-state index < -0.39 is 0 Å². The second kappa shape index (κ2) is 7.13. The molecule has 2 heterocycles. The lowest BCUT2D eigenvalue weighted by Gasteiger charge is -2.23. The molecule has 2 aromatic rings. The van der Waals surface area contributed by atoms with E-state index in [1.165, 1.54) is 5.56 Å². The lowest BCUT2D eigenvalue weighted by Crippen LogP contribution is -2.28. The molecule has 1 atom stereocenters. The Balaban J connectivity index is 1.61. The number of para-hydroxylation sites is 1. The minimum atomic E-state index is 0.395. The second-order valence-electron chi connectivity index (χ2n) is 6.76. The van der Waals surface area contributed by atoms with Gasteiger partial charge in [-0.25, -0.2) is 0 Å². The van der Waals surface area contributed by atoms with Gasteiger partial charge in [0.2, 0.25) is 0 Å². The van der Waals surface area contributed by atoms with Crippen LogP contribution in [0.15, 0.2) is 30.6 Å². The Morgan fingerprint density at radius 3 is 3.00 bits per heavy atom. The van der Waals surface area contributed by atoms with Gasteiger partial charge in [0.25, 0.3) is 0 Å². The van der Waals surface area contributed by atoms with Gasteiger partial charge in [-0.05, 0) is 51.3 Å². The van der Waals surface area contributed by atoms with Crippen LogP contribution in [0.25, 0.3) is 0 Å². The largest absolute Gasteiger partial charge is 0.493 e. The number of rotatable bonds is 5. The third-order valence-electron chi connectivity index (χ3n) is 4.45. The quantitative estimate of drug-likeness (QED) is 0.851. The average molecular weight is 314 g/mol. The molecule has 0 amide bonds. The van der Waals surface area contributed by atoms with Crippen LogP contribution in [-0.2, 0) is 13.0 Å². The summed E-state index contributed by atoms with van der Waals surface area (Å²) in [5.74, 6) is 2.70. The first-order chi connectivity index (χ1) is 11.1. The number of ether oxygens (including phenoxy) is 1. The fourth-order valence-electron chi connectivity index (χ4n) is 3.28. The zero-order valence-corrected chi connectivity index (χ0v) is 14.3. The molecule has 1 aromatic carbocycles. The highest BCUT2D eigenvalue weighted by atomic mass is 16.5. The van der Waals surface area contributed by atoms with Crippen molar-refractivity contribution in [3.8, 4) is 5.75 Å². The summed E-state index contributed by atoms with van der Waals surface area (Å²) in [5.41, 5.74) is 1.33. The summed E-state index contributed by atoms with van der Waals surface area (Å²) in [4.78, 5) is 2.35. The summed E-state index contributed by atoms with van der Waals surface area (Å²) >= 11 is 0. The molecule has 23 heavy (non-hydrogen) atoms. The first kappa shape index (κ1) is 16.0. The van der Waals surface area contributed by atoms with Crippen molar-refractivity contribution >= 4 is 0 Å². The van der Waals surface area contributed by atoms with Crippen molar-refractivity contribution in [1.82, 2.24) is 19.7 Å². The van der Waals surface area contributed by atoms with Gasteiger partial charge in [0.05, 0.1) is 13.2 Å². The molecule has 1 aliphatic heterocycles. The molecule has 0 N–H and O–H groups in total. The van der Waals surface area contributed by atoms with Crippen LogP contribution in [0.4, 0.5) is 0 Å².